The molecule has 10 heavy (non-hydrogen) atoms. The van der Waals surface area contributed by atoms with Crippen LogP contribution in [0.1, 0.15) is 6.42 Å². The molecule has 0 aromatic rings. The van der Waals surface area contributed by atoms with Crippen LogP contribution in [0.15, 0.2) is 17.8 Å². The van der Waals surface area contributed by atoms with E-state index in [1.807, 2.05) is 18.0 Å². The van der Waals surface area contributed by atoms with E-state index < -0.39 is 0 Å². The highest BCUT2D eigenvalue weighted by atomic mass is 15.1. The molecule has 0 spiro atoms. The lowest BCUT2D eigenvalue weighted by atomic mass is 10.4. The van der Waals surface area contributed by atoms with Gasteiger partial charge in [0.2, 0.25) is 0 Å². The van der Waals surface area contributed by atoms with E-state index in [1.54, 1.807) is 6.34 Å². The Morgan fingerprint density at radius 3 is 3.00 bits per heavy atom. The van der Waals surface area contributed by atoms with E-state index >= 15 is 0 Å². The first kappa shape index (κ1) is 8.70. The molecule has 0 aromatic carbocycles. The van der Waals surface area contributed by atoms with Crippen molar-refractivity contribution >= 4 is 6.34 Å². The molecule has 0 unspecified atom stereocenters. The Bertz CT molecular complexity index is 155. The van der Waals surface area contributed by atoms with Gasteiger partial charge < -0.3 is 4.90 Å². The molecule has 0 radical (unpaired) electrons. The van der Waals surface area contributed by atoms with Crippen molar-refractivity contribution in [3.63, 3.8) is 0 Å². The second kappa shape index (κ2) is 5.83. The van der Waals surface area contributed by atoms with E-state index in [9.17, 15) is 0 Å². The van der Waals surface area contributed by atoms with Crippen LogP contribution in [-0.4, -0.2) is 24.8 Å². The highest BCUT2D eigenvalue weighted by molar-refractivity contribution is 5.55. The van der Waals surface area contributed by atoms with E-state index in [4.69, 9.17) is 5.26 Å². The van der Waals surface area contributed by atoms with Crippen molar-refractivity contribution in [1.29, 1.82) is 5.26 Å². The van der Waals surface area contributed by atoms with Crippen LogP contribution in [0, 0.1) is 11.3 Å². The van der Waals surface area contributed by atoms with Crippen LogP contribution in [0.5, 0.6) is 0 Å². The molecule has 0 aliphatic heterocycles. The van der Waals surface area contributed by atoms with Crippen molar-refractivity contribution in [2.75, 3.05) is 13.6 Å². The Balaban J connectivity index is 3.44. The molecule has 0 N–H and O–H groups in total. The second-order valence-corrected chi connectivity index (χ2v) is 1.84. The Morgan fingerprint density at radius 2 is 2.50 bits per heavy atom. The summed E-state index contributed by atoms with van der Waals surface area (Å²) in [5, 5.41) is 8.20. The van der Waals surface area contributed by atoms with Crippen molar-refractivity contribution in [3.8, 4) is 6.07 Å². The molecule has 3 heteroatoms. The summed E-state index contributed by atoms with van der Waals surface area (Å²) in [5.74, 6) is 0. The molecule has 54 valence electrons. The third-order valence-electron chi connectivity index (χ3n) is 0.946. The first-order valence-electron chi connectivity index (χ1n) is 3.02. The van der Waals surface area contributed by atoms with E-state index in [2.05, 4.69) is 11.6 Å². The van der Waals surface area contributed by atoms with Gasteiger partial charge in [0.05, 0.1) is 18.8 Å². The summed E-state index contributed by atoms with van der Waals surface area (Å²) in [7, 11) is 1.87. The molecule has 0 saturated heterocycles. The first-order valence-corrected chi connectivity index (χ1v) is 3.02. The minimum absolute atomic E-state index is 0.527. The first-order chi connectivity index (χ1) is 4.81. The zero-order valence-electron chi connectivity index (χ0n) is 6.12. The van der Waals surface area contributed by atoms with Crippen molar-refractivity contribution in [1.82, 2.24) is 4.90 Å². The monoisotopic (exact) mass is 137 g/mol. The smallest absolute Gasteiger partial charge is 0.0902 e. The molecule has 0 aliphatic rings. The lowest BCUT2D eigenvalue weighted by Gasteiger charge is -2.08. The summed E-state index contributed by atoms with van der Waals surface area (Å²) in [4.78, 5) is 5.62. The van der Waals surface area contributed by atoms with Crippen molar-refractivity contribution < 1.29 is 0 Å². The van der Waals surface area contributed by atoms with Gasteiger partial charge in [0.25, 0.3) is 0 Å². The van der Waals surface area contributed by atoms with Gasteiger partial charge in [-0.05, 0) is 0 Å². The van der Waals surface area contributed by atoms with Gasteiger partial charge in [0.15, 0.2) is 0 Å². The topological polar surface area (TPSA) is 39.4 Å². The molecule has 0 atom stereocenters. The lowest BCUT2D eigenvalue weighted by molar-refractivity contribution is 0.531. The standard InChI is InChI=1S/C7H11N3/c1-3-9-7-10(2)6-4-5-8/h3,7H,1,4,6H2,2H3. The van der Waals surface area contributed by atoms with Crippen LogP contribution in [0.3, 0.4) is 0 Å². The molecule has 0 aliphatic carbocycles. The molecule has 0 rings (SSSR count). The van der Waals surface area contributed by atoms with E-state index in [-0.39, 0.29) is 0 Å². The highest BCUT2D eigenvalue weighted by Crippen LogP contribution is 1.81. The Labute approximate surface area is 61.3 Å². The van der Waals surface area contributed by atoms with Gasteiger partial charge in [-0.1, -0.05) is 6.58 Å². The fourth-order valence-corrected chi connectivity index (χ4v) is 0.445. The van der Waals surface area contributed by atoms with E-state index in [1.165, 1.54) is 6.20 Å². The predicted octanol–water partition coefficient (Wildman–Crippen LogP) is 1.00. The molecule has 0 aromatic heterocycles. The average Bonchev–Trinajstić information content (AvgIpc) is 1.97. The van der Waals surface area contributed by atoms with Crippen molar-refractivity contribution in [2.45, 2.75) is 6.42 Å². The van der Waals surface area contributed by atoms with Crippen LogP contribution in [0.2, 0.25) is 0 Å². The molecular formula is C7H11N3. The van der Waals surface area contributed by atoms with E-state index in [0.29, 0.717) is 13.0 Å². The second-order valence-electron chi connectivity index (χ2n) is 1.84. The third-order valence-corrected chi connectivity index (χ3v) is 0.946. The van der Waals surface area contributed by atoms with Gasteiger partial charge in [-0.3, -0.25) is 0 Å². The van der Waals surface area contributed by atoms with Gasteiger partial charge >= 0.3 is 0 Å². The number of hydrogen-bond donors (Lipinski definition) is 0. The average molecular weight is 137 g/mol. The summed E-state index contributed by atoms with van der Waals surface area (Å²) < 4.78 is 0. The maximum absolute atomic E-state index is 8.20. The molecule has 0 saturated carbocycles. The minimum atomic E-state index is 0.527. The molecule has 3 nitrogen and oxygen atoms in total. The predicted molar refractivity (Wildman–Crippen MR) is 41.5 cm³/mol. The van der Waals surface area contributed by atoms with Crippen LogP contribution >= 0.6 is 0 Å². The zero-order valence-corrected chi connectivity index (χ0v) is 6.12. The Hall–Kier alpha value is -1.30. The maximum atomic E-state index is 8.20. The van der Waals surface area contributed by atoms with Crippen molar-refractivity contribution in [3.05, 3.63) is 12.8 Å². The van der Waals surface area contributed by atoms with E-state index in [0.717, 1.165) is 0 Å². The van der Waals surface area contributed by atoms with Gasteiger partial charge in [0, 0.05) is 19.8 Å². The largest absolute Gasteiger partial charge is 0.365 e. The number of aliphatic imine (C=N–C) groups is 1. The number of nitrogens with zero attached hydrogens (tertiary/aromatic N) is 3. The maximum Gasteiger partial charge on any atom is 0.0902 e. The number of rotatable bonds is 4. The Kier molecular flexibility index (Phi) is 5.07. The van der Waals surface area contributed by atoms with Crippen LogP contribution < -0.4 is 0 Å². The quantitative estimate of drug-likeness (QED) is 0.428. The van der Waals surface area contributed by atoms with Crippen molar-refractivity contribution in [2.24, 2.45) is 4.99 Å². The number of hydrogen-bond acceptors (Lipinski definition) is 2. The van der Waals surface area contributed by atoms with Crippen LogP contribution in [0.25, 0.3) is 0 Å². The van der Waals surface area contributed by atoms with Crippen LogP contribution in [0.4, 0.5) is 0 Å². The number of nitriles is 1. The van der Waals surface area contributed by atoms with Gasteiger partial charge in [-0.15, -0.1) is 0 Å². The highest BCUT2D eigenvalue weighted by Gasteiger charge is 1.87. The van der Waals surface area contributed by atoms with Gasteiger partial charge in [0.1, 0.15) is 0 Å². The summed E-state index contributed by atoms with van der Waals surface area (Å²) >= 11 is 0. The molecule has 0 heterocycles. The normalized spacial score (nSPS) is 9.20. The molecule has 0 fully saturated rings. The van der Waals surface area contributed by atoms with Crippen LogP contribution in [-0.2, 0) is 0 Å². The minimum Gasteiger partial charge on any atom is -0.365 e. The van der Waals surface area contributed by atoms with Gasteiger partial charge in [-0.25, -0.2) is 4.99 Å². The molecule has 0 bridgehead atoms. The molecule has 0 amide bonds. The summed E-state index contributed by atoms with van der Waals surface area (Å²) in [6.45, 7) is 4.14. The molecular weight excluding hydrogens is 126 g/mol. The summed E-state index contributed by atoms with van der Waals surface area (Å²) in [6, 6.07) is 2.05. The lowest BCUT2D eigenvalue weighted by Crippen LogP contribution is -2.16. The summed E-state index contributed by atoms with van der Waals surface area (Å²) in [5.41, 5.74) is 0. The summed E-state index contributed by atoms with van der Waals surface area (Å²) in [6.07, 6.45) is 3.63. The fraction of sp³-hybridized carbons (Fsp3) is 0.429. The SMILES string of the molecule is C=CN=CN(C)CCC#N. The zero-order chi connectivity index (χ0) is 7.82. The fourth-order valence-electron chi connectivity index (χ4n) is 0.445. The third kappa shape index (κ3) is 4.85. The van der Waals surface area contributed by atoms with Gasteiger partial charge in [-0.2, -0.15) is 5.26 Å². The Morgan fingerprint density at radius 1 is 1.80 bits per heavy atom.